The van der Waals surface area contributed by atoms with E-state index in [0.717, 1.165) is 21.8 Å². The second kappa shape index (κ2) is 8.31. The fourth-order valence-corrected chi connectivity index (χ4v) is 3.42. The number of nitrogens with one attached hydrogen (secondary N) is 1. The Kier molecular flexibility index (Phi) is 7.07. The van der Waals surface area contributed by atoms with E-state index in [0.29, 0.717) is 12.1 Å². The van der Waals surface area contributed by atoms with E-state index in [-0.39, 0.29) is 4.34 Å². The number of sulfonamides is 1. The molecule has 1 heterocycles. The third-order valence-corrected chi connectivity index (χ3v) is 5.46. The molecule has 5 nitrogen and oxygen atoms in total. The molecule has 0 spiro atoms. The first-order valence-electron chi connectivity index (χ1n) is 6.95. The van der Waals surface area contributed by atoms with Gasteiger partial charge >= 0.3 is 0 Å². The van der Waals surface area contributed by atoms with E-state index in [4.69, 9.17) is 4.74 Å². The van der Waals surface area contributed by atoms with E-state index < -0.39 is 10.0 Å². The van der Waals surface area contributed by atoms with Gasteiger partial charge in [0.1, 0.15) is 5.75 Å². The fourth-order valence-electron chi connectivity index (χ4n) is 1.34. The molecule has 0 saturated carbocycles. The van der Waals surface area contributed by atoms with E-state index in [1.54, 1.807) is 18.2 Å². The molecule has 1 N–H and O–H groups in total. The Morgan fingerprint density at radius 1 is 1.24 bits per heavy atom. The Bertz CT molecular complexity index is 664. The van der Waals surface area contributed by atoms with Gasteiger partial charge in [-0.25, -0.2) is 18.1 Å². The predicted molar refractivity (Wildman–Crippen MR) is 87.6 cm³/mol. The first kappa shape index (κ1) is 17.9. The zero-order valence-electron chi connectivity index (χ0n) is 12.8. The highest BCUT2D eigenvalue weighted by Gasteiger charge is 2.17. The van der Waals surface area contributed by atoms with Crippen molar-refractivity contribution >= 4 is 31.6 Å². The number of nitrogens with zero attached hydrogens (tertiary/aromatic N) is 1. The van der Waals surface area contributed by atoms with Gasteiger partial charge in [0.05, 0.1) is 16.8 Å². The summed E-state index contributed by atoms with van der Waals surface area (Å²) in [6, 6.07) is 5.33. The molecule has 0 unspecified atom stereocenters. The molecule has 1 aromatic heterocycles. The maximum Gasteiger partial charge on any atom is 0.267 e. The summed E-state index contributed by atoms with van der Waals surface area (Å²) >= 11 is 1.13. The van der Waals surface area contributed by atoms with Crippen LogP contribution in [0.1, 0.15) is 33.6 Å². The highest BCUT2D eigenvalue weighted by molar-refractivity contribution is 7.91. The van der Waals surface area contributed by atoms with Gasteiger partial charge in [-0.1, -0.05) is 26.7 Å². The van der Waals surface area contributed by atoms with Crippen LogP contribution < -0.4 is 9.46 Å². The van der Waals surface area contributed by atoms with Crippen molar-refractivity contribution in [2.45, 2.75) is 38.0 Å². The van der Waals surface area contributed by atoms with E-state index in [1.165, 1.54) is 19.9 Å². The summed E-state index contributed by atoms with van der Waals surface area (Å²) in [5.41, 5.74) is 0.660. The van der Waals surface area contributed by atoms with Crippen LogP contribution >= 0.6 is 11.3 Å². The number of hydrogen-bond acceptors (Lipinski definition) is 5. The standard InChI is InChI=1S/C10H12N2O3S2.C4H10/c1-3-15-7-4-5-8-9(6-7)16-10(12-8)17(13,14)11-2;1-3-4-2/h4-6,11H,3H2,1-2H3;3-4H2,1-2H3. The predicted octanol–water partition coefficient (Wildman–Crippen LogP) is 3.41. The minimum Gasteiger partial charge on any atom is -0.494 e. The quantitative estimate of drug-likeness (QED) is 0.912. The summed E-state index contributed by atoms with van der Waals surface area (Å²) < 4.78 is 31.6. The smallest absolute Gasteiger partial charge is 0.267 e. The molecule has 7 heteroatoms. The molecular weight excluding hydrogens is 308 g/mol. The minimum absolute atomic E-state index is 0.0728. The van der Waals surface area contributed by atoms with Gasteiger partial charge in [-0.05, 0) is 32.2 Å². The lowest BCUT2D eigenvalue weighted by Gasteiger charge is -2.00. The number of fused-ring (bicyclic) bond motifs is 1. The second-order valence-electron chi connectivity index (χ2n) is 4.25. The van der Waals surface area contributed by atoms with Crippen molar-refractivity contribution in [2.24, 2.45) is 0 Å². The number of benzene rings is 1. The van der Waals surface area contributed by atoms with Crippen LogP contribution in [0, 0.1) is 0 Å². The zero-order chi connectivity index (χ0) is 15.9. The van der Waals surface area contributed by atoms with Crippen molar-refractivity contribution in [3.05, 3.63) is 18.2 Å². The van der Waals surface area contributed by atoms with Crippen LogP contribution in [0.15, 0.2) is 22.5 Å². The lowest BCUT2D eigenvalue weighted by Crippen LogP contribution is -2.18. The number of hydrogen-bond donors (Lipinski definition) is 1. The van der Waals surface area contributed by atoms with Gasteiger partial charge in [0, 0.05) is 0 Å². The molecule has 21 heavy (non-hydrogen) atoms. The molecule has 2 aromatic rings. The SMILES string of the molecule is CCCC.CCOc1ccc2nc(S(=O)(=O)NC)sc2c1. The van der Waals surface area contributed by atoms with Gasteiger partial charge in [-0.2, -0.15) is 0 Å². The van der Waals surface area contributed by atoms with E-state index in [9.17, 15) is 8.42 Å². The Morgan fingerprint density at radius 3 is 2.43 bits per heavy atom. The maximum atomic E-state index is 11.6. The third-order valence-electron chi connectivity index (χ3n) is 2.65. The molecule has 2 rings (SSSR count). The van der Waals surface area contributed by atoms with Crippen LogP contribution in [0.25, 0.3) is 10.2 Å². The summed E-state index contributed by atoms with van der Waals surface area (Å²) in [6.45, 7) is 6.83. The van der Waals surface area contributed by atoms with E-state index in [2.05, 4.69) is 23.6 Å². The zero-order valence-corrected chi connectivity index (χ0v) is 14.5. The summed E-state index contributed by atoms with van der Waals surface area (Å²) in [6.07, 6.45) is 2.64. The van der Waals surface area contributed by atoms with Gasteiger partial charge in [-0.15, -0.1) is 11.3 Å². The molecule has 0 atom stereocenters. The van der Waals surface area contributed by atoms with Crippen LogP contribution in [0.2, 0.25) is 0 Å². The average molecular weight is 330 g/mol. The summed E-state index contributed by atoms with van der Waals surface area (Å²) in [5, 5.41) is 0. The Hall–Kier alpha value is -1.18. The van der Waals surface area contributed by atoms with Crippen molar-refractivity contribution in [3.63, 3.8) is 0 Å². The first-order valence-corrected chi connectivity index (χ1v) is 9.25. The normalized spacial score (nSPS) is 11.0. The topological polar surface area (TPSA) is 68.3 Å². The number of ether oxygens (including phenoxy) is 1. The van der Waals surface area contributed by atoms with Gasteiger partial charge < -0.3 is 4.74 Å². The van der Waals surface area contributed by atoms with Crippen LogP contribution in [-0.4, -0.2) is 27.1 Å². The highest BCUT2D eigenvalue weighted by Crippen LogP contribution is 2.28. The molecule has 0 aliphatic carbocycles. The van der Waals surface area contributed by atoms with Crippen molar-refractivity contribution in [2.75, 3.05) is 13.7 Å². The number of unbranched alkanes of at least 4 members (excludes halogenated alkanes) is 1. The largest absolute Gasteiger partial charge is 0.494 e. The molecule has 0 saturated heterocycles. The van der Waals surface area contributed by atoms with Gasteiger partial charge in [0.25, 0.3) is 10.0 Å². The molecule has 118 valence electrons. The molecule has 0 aliphatic rings. The molecule has 0 fully saturated rings. The summed E-state index contributed by atoms with van der Waals surface area (Å²) in [4.78, 5) is 4.07. The molecule has 0 radical (unpaired) electrons. The lowest BCUT2D eigenvalue weighted by molar-refractivity contribution is 0.341. The van der Waals surface area contributed by atoms with Gasteiger partial charge in [0.2, 0.25) is 4.34 Å². The minimum atomic E-state index is -3.47. The second-order valence-corrected chi connectivity index (χ2v) is 7.34. The van der Waals surface area contributed by atoms with Crippen LogP contribution in [0.4, 0.5) is 0 Å². The summed E-state index contributed by atoms with van der Waals surface area (Å²) in [5.74, 6) is 0.719. The Labute approximate surface area is 130 Å². The Morgan fingerprint density at radius 2 is 1.90 bits per heavy atom. The molecule has 1 aromatic carbocycles. The van der Waals surface area contributed by atoms with Crippen molar-refractivity contribution in [3.8, 4) is 5.75 Å². The lowest BCUT2D eigenvalue weighted by atomic mass is 10.3. The Balaban J connectivity index is 0.000000491. The highest BCUT2D eigenvalue weighted by atomic mass is 32.2. The average Bonchev–Trinajstić information content (AvgIpc) is 2.92. The molecule has 0 bridgehead atoms. The summed E-state index contributed by atoms with van der Waals surface area (Å²) in [7, 11) is -2.10. The van der Waals surface area contributed by atoms with Crippen molar-refractivity contribution in [1.82, 2.24) is 9.71 Å². The number of rotatable bonds is 5. The van der Waals surface area contributed by atoms with Crippen LogP contribution in [0.5, 0.6) is 5.75 Å². The van der Waals surface area contributed by atoms with Gasteiger partial charge in [-0.3, -0.25) is 0 Å². The molecule has 0 aliphatic heterocycles. The maximum absolute atomic E-state index is 11.6. The third kappa shape index (κ3) is 4.94. The number of aromatic nitrogens is 1. The van der Waals surface area contributed by atoms with Crippen LogP contribution in [0.3, 0.4) is 0 Å². The molecule has 0 amide bonds. The fraction of sp³-hybridized carbons (Fsp3) is 0.500. The van der Waals surface area contributed by atoms with Crippen molar-refractivity contribution in [1.29, 1.82) is 0 Å². The first-order chi connectivity index (χ1) is 9.98. The van der Waals surface area contributed by atoms with Crippen molar-refractivity contribution < 1.29 is 13.2 Å². The van der Waals surface area contributed by atoms with E-state index >= 15 is 0 Å². The van der Waals surface area contributed by atoms with Gasteiger partial charge in [0.15, 0.2) is 0 Å². The van der Waals surface area contributed by atoms with E-state index in [1.807, 2.05) is 6.92 Å². The number of thiazole rings is 1. The molecular formula is C14H22N2O3S2. The monoisotopic (exact) mass is 330 g/mol. The van der Waals surface area contributed by atoms with Crippen LogP contribution in [-0.2, 0) is 10.0 Å².